The van der Waals surface area contributed by atoms with Crippen molar-refractivity contribution in [3.63, 3.8) is 0 Å². The van der Waals surface area contributed by atoms with E-state index in [2.05, 4.69) is 15.3 Å². The minimum absolute atomic E-state index is 0.662. The van der Waals surface area contributed by atoms with Crippen LogP contribution >= 0.6 is 0 Å². The lowest BCUT2D eigenvalue weighted by molar-refractivity contribution is 0.221. The Hall–Kier alpha value is -1.97. The molecule has 0 fully saturated rings. The van der Waals surface area contributed by atoms with E-state index >= 15 is 0 Å². The second-order valence-corrected chi connectivity index (χ2v) is 5.09. The molecule has 100 valence electrons. The number of nitrogens with one attached hydrogen (secondary N) is 1. The number of aryl methyl sites for hydroxylation is 2. The van der Waals surface area contributed by atoms with Crippen LogP contribution in [0, 0.1) is 13.8 Å². The van der Waals surface area contributed by atoms with Crippen LogP contribution in [0.15, 0.2) is 30.5 Å². The van der Waals surface area contributed by atoms with Crippen LogP contribution in [0.2, 0.25) is 0 Å². The zero-order valence-corrected chi connectivity index (χ0v) is 11.7. The normalized spacial score (nSPS) is 11.4. The summed E-state index contributed by atoms with van der Waals surface area (Å²) in [5.41, 5.74) is 1.99. The van der Waals surface area contributed by atoms with E-state index in [1.54, 1.807) is 32.2 Å². The van der Waals surface area contributed by atoms with Gasteiger partial charge in [-0.1, -0.05) is 12.1 Å². The van der Waals surface area contributed by atoms with E-state index in [-0.39, 0.29) is 0 Å². The van der Waals surface area contributed by atoms with Gasteiger partial charge in [0.15, 0.2) is 0 Å². The van der Waals surface area contributed by atoms with E-state index in [1.165, 1.54) is 0 Å². The molecular weight excluding hydrogens is 241 g/mol. The molecule has 1 heterocycles. The van der Waals surface area contributed by atoms with Gasteiger partial charge in [0.2, 0.25) is 0 Å². The van der Waals surface area contributed by atoms with Crippen molar-refractivity contribution < 1.29 is 4.39 Å². The molecule has 0 saturated carbocycles. The molecule has 1 N–H and O–H groups in total. The Labute approximate surface area is 112 Å². The summed E-state index contributed by atoms with van der Waals surface area (Å²) in [6.07, 6.45) is 1.75. The van der Waals surface area contributed by atoms with Crippen LogP contribution in [-0.4, -0.2) is 9.97 Å². The predicted octanol–water partition coefficient (Wildman–Crippen LogP) is 4.04. The number of benzene rings is 1. The molecule has 0 radical (unpaired) electrons. The van der Waals surface area contributed by atoms with E-state index in [1.807, 2.05) is 26.0 Å². The molecule has 3 nitrogen and oxygen atoms in total. The van der Waals surface area contributed by atoms with Crippen molar-refractivity contribution in [3.05, 3.63) is 47.5 Å². The van der Waals surface area contributed by atoms with Crippen LogP contribution in [0.4, 0.5) is 15.8 Å². The molecule has 0 aliphatic carbocycles. The molecule has 19 heavy (non-hydrogen) atoms. The van der Waals surface area contributed by atoms with Crippen molar-refractivity contribution in [2.75, 3.05) is 5.32 Å². The summed E-state index contributed by atoms with van der Waals surface area (Å²) in [5, 5.41) is 3.23. The van der Waals surface area contributed by atoms with E-state index < -0.39 is 5.67 Å². The number of nitrogens with zero attached hydrogens (tertiary/aromatic N) is 2. The Balaban J connectivity index is 2.20. The molecule has 1 aromatic heterocycles. The highest BCUT2D eigenvalue weighted by Gasteiger charge is 2.17. The van der Waals surface area contributed by atoms with Crippen molar-refractivity contribution in [2.24, 2.45) is 0 Å². The first kappa shape index (κ1) is 13.5. The fourth-order valence-corrected chi connectivity index (χ4v) is 1.81. The Morgan fingerprint density at radius 3 is 2.26 bits per heavy atom. The fraction of sp³-hybridized carbons (Fsp3) is 0.333. The van der Waals surface area contributed by atoms with E-state index in [9.17, 15) is 4.39 Å². The van der Waals surface area contributed by atoms with Crippen LogP contribution < -0.4 is 5.32 Å². The Morgan fingerprint density at radius 1 is 1.11 bits per heavy atom. The largest absolute Gasteiger partial charge is 0.353 e. The molecule has 0 aliphatic rings. The first-order chi connectivity index (χ1) is 8.86. The fourth-order valence-electron chi connectivity index (χ4n) is 1.81. The van der Waals surface area contributed by atoms with Gasteiger partial charge in [0.25, 0.3) is 0 Å². The van der Waals surface area contributed by atoms with Gasteiger partial charge in [-0.15, -0.1) is 0 Å². The number of hydrogen-bond donors (Lipinski definition) is 1. The lowest BCUT2D eigenvalue weighted by Gasteiger charge is -2.15. The molecule has 0 amide bonds. The quantitative estimate of drug-likeness (QED) is 0.903. The molecule has 0 aliphatic heterocycles. The number of hydrogen-bond acceptors (Lipinski definition) is 3. The van der Waals surface area contributed by atoms with Crippen molar-refractivity contribution in [1.29, 1.82) is 0 Å². The summed E-state index contributed by atoms with van der Waals surface area (Å²) in [6.45, 7) is 6.88. The third kappa shape index (κ3) is 3.28. The maximum absolute atomic E-state index is 13.7. The van der Waals surface area contributed by atoms with Gasteiger partial charge in [-0.3, -0.25) is 0 Å². The minimum atomic E-state index is -1.32. The molecule has 0 atom stereocenters. The molecular formula is C15H18FN3. The molecule has 4 heteroatoms. The van der Waals surface area contributed by atoms with Crippen LogP contribution in [0.5, 0.6) is 0 Å². The topological polar surface area (TPSA) is 37.8 Å². The first-order valence-corrected chi connectivity index (χ1v) is 6.23. The number of aromatic nitrogens is 2. The highest BCUT2D eigenvalue weighted by Crippen LogP contribution is 2.26. The van der Waals surface area contributed by atoms with E-state index in [4.69, 9.17) is 0 Å². The van der Waals surface area contributed by atoms with E-state index in [0.717, 1.165) is 22.9 Å². The van der Waals surface area contributed by atoms with Gasteiger partial charge in [0.05, 0.1) is 17.6 Å². The molecule has 2 rings (SSSR count). The summed E-state index contributed by atoms with van der Waals surface area (Å²) in [5.74, 6) is 0.748. The van der Waals surface area contributed by atoms with Gasteiger partial charge < -0.3 is 5.32 Å². The molecule has 0 spiro atoms. The summed E-state index contributed by atoms with van der Waals surface area (Å²) in [7, 11) is 0. The minimum Gasteiger partial charge on any atom is -0.353 e. The molecule has 0 unspecified atom stereocenters. The summed E-state index contributed by atoms with van der Waals surface area (Å²) >= 11 is 0. The standard InChI is InChI=1S/C15H18FN3/c1-10-14(9-17-11(2)18-10)19-13-7-5-12(6-8-13)15(3,4)16/h5-9,19H,1-4H3. The van der Waals surface area contributed by atoms with Crippen LogP contribution in [0.1, 0.15) is 30.9 Å². The van der Waals surface area contributed by atoms with Gasteiger partial charge in [-0.25, -0.2) is 14.4 Å². The lowest BCUT2D eigenvalue weighted by atomic mass is 10.0. The summed E-state index contributed by atoms with van der Waals surface area (Å²) in [4.78, 5) is 8.45. The SMILES string of the molecule is Cc1ncc(Nc2ccc(C(C)(C)F)cc2)c(C)n1. The smallest absolute Gasteiger partial charge is 0.130 e. The Kier molecular flexibility index (Phi) is 3.51. The highest BCUT2D eigenvalue weighted by molar-refractivity contribution is 5.61. The maximum Gasteiger partial charge on any atom is 0.130 e. The van der Waals surface area contributed by atoms with Gasteiger partial charge in [0, 0.05) is 5.69 Å². The van der Waals surface area contributed by atoms with Crippen molar-refractivity contribution >= 4 is 11.4 Å². The third-order valence-electron chi connectivity index (χ3n) is 2.95. The number of halogens is 1. The predicted molar refractivity (Wildman–Crippen MR) is 75.4 cm³/mol. The van der Waals surface area contributed by atoms with Crippen molar-refractivity contribution in [2.45, 2.75) is 33.4 Å². The van der Waals surface area contributed by atoms with Crippen molar-refractivity contribution in [3.8, 4) is 0 Å². The van der Waals surface area contributed by atoms with Gasteiger partial charge >= 0.3 is 0 Å². The number of rotatable bonds is 3. The second kappa shape index (κ2) is 4.96. The molecule has 2 aromatic rings. The monoisotopic (exact) mass is 259 g/mol. The zero-order chi connectivity index (χ0) is 14.0. The van der Waals surface area contributed by atoms with Gasteiger partial charge in [0.1, 0.15) is 11.5 Å². The van der Waals surface area contributed by atoms with Crippen LogP contribution in [0.3, 0.4) is 0 Å². The molecule has 1 aromatic carbocycles. The average molecular weight is 259 g/mol. The summed E-state index contributed by atoms with van der Waals surface area (Å²) < 4.78 is 13.7. The maximum atomic E-state index is 13.7. The molecule has 0 bridgehead atoms. The summed E-state index contributed by atoms with van der Waals surface area (Å²) in [6, 6.07) is 7.28. The Bertz CT molecular complexity index is 571. The number of anilines is 2. The second-order valence-electron chi connectivity index (χ2n) is 5.09. The highest BCUT2D eigenvalue weighted by atomic mass is 19.1. The number of alkyl halides is 1. The van der Waals surface area contributed by atoms with Crippen molar-refractivity contribution in [1.82, 2.24) is 9.97 Å². The molecule has 0 saturated heterocycles. The third-order valence-corrected chi connectivity index (χ3v) is 2.95. The van der Waals surface area contributed by atoms with Gasteiger partial charge in [-0.05, 0) is 45.4 Å². The van der Waals surface area contributed by atoms with Gasteiger partial charge in [-0.2, -0.15) is 0 Å². The average Bonchev–Trinajstić information content (AvgIpc) is 2.32. The lowest BCUT2D eigenvalue weighted by Crippen LogP contribution is -2.08. The van der Waals surface area contributed by atoms with Crippen LogP contribution in [-0.2, 0) is 5.67 Å². The zero-order valence-electron chi connectivity index (χ0n) is 11.7. The van der Waals surface area contributed by atoms with Crippen LogP contribution in [0.25, 0.3) is 0 Å². The first-order valence-electron chi connectivity index (χ1n) is 6.23. The Morgan fingerprint density at radius 2 is 1.74 bits per heavy atom. The van der Waals surface area contributed by atoms with E-state index in [0.29, 0.717) is 5.56 Å².